The first-order valence-corrected chi connectivity index (χ1v) is 5.92. The van der Waals surface area contributed by atoms with E-state index in [0.717, 1.165) is 31.7 Å². The Morgan fingerprint density at radius 1 is 1.32 bits per heavy atom. The largest absolute Gasteiger partial charge is 0.508 e. The first kappa shape index (κ1) is 18.0. The van der Waals surface area contributed by atoms with Gasteiger partial charge in [0.25, 0.3) is 0 Å². The minimum absolute atomic E-state index is 0. The van der Waals surface area contributed by atoms with Crippen LogP contribution in [0.15, 0.2) is 24.3 Å². The number of piperazine rings is 1. The number of halogens is 2. The zero-order chi connectivity index (χ0) is 12.1. The highest BCUT2D eigenvalue weighted by molar-refractivity contribution is 5.85. The minimum Gasteiger partial charge on any atom is -0.508 e. The van der Waals surface area contributed by atoms with Gasteiger partial charge in [0.05, 0.1) is 12.5 Å². The van der Waals surface area contributed by atoms with Crippen LogP contribution in [0.3, 0.4) is 0 Å². The van der Waals surface area contributed by atoms with Crippen LogP contribution in [0.25, 0.3) is 0 Å². The predicted octanol–water partition coefficient (Wildman–Crippen LogP) is 2.10. The van der Waals surface area contributed by atoms with Crippen LogP contribution in [-0.2, 0) is 0 Å². The topological polar surface area (TPSA) is 59.3 Å². The molecule has 1 aliphatic heterocycles. The van der Waals surface area contributed by atoms with Gasteiger partial charge in [0.2, 0.25) is 0 Å². The summed E-state index contributed by atoms with van der Waals surface area (Å²) in [5, 5.41) is 21.8. The van der Waals surface area contributed by atoms with Crippen molar-refractivity contribution in [3.63, 3.8) is 0 Å². The Labute approximate surface area is 126 Å². The van der Waals surface area contributed by atoms with Crippen molar-refractivity contribution in [2.75, 3.05) is 26.2 Å². The van der Waals surface area contributed by atoms with Crippen LogP contribution in [0.1, 0.15) is 18.0 Å². The van der Waals surface area contributed by atoms with Crippen molar-refractivity contribution >= 4 is 24.8 Å². The quantitative estimate of drug-likeness (QED) is 0.898. The number of aromatic hydroxyl groups is 1. The van der Waals surface area contributed by atoms with Crippen LogP contribution in [0.5, 0.6) is 5.75 Å². The molecule has 106 valence electrons. The van der Waals surface area contributed by atoms with Gasteiger partial charge >= 0.3 is 0 Å². The molecule has 1 atom stereocenters. The lowest BCUT2D eigenvalue weighted by Crippen LogP contribution is -2.45. The maximum Gasteiger partial charge on any atom is 0.115 e. The molecule has 0 spiro atoms. The third-order valence-corrected chi connectivity index (χ3v) is 3.13. The molecule has 0 bridgehead atoms. The molecule has 19 heavy (non-hydrogen) atoms. The monoisotopic (exact) mass is 303 g/mol. The van der Waals surface area contributed by atoms with Gasteiger partial charge in [-0.15, -0.1) is 24.8 Å². The molecule has 0 amide bonds. The van der Waals surface area contributed by atoms with E-state index < -0.39 is 0 Å². The molecule has 1 heterocycles. The van der Waals surface area contributed by atoms with Gasteiger partial charge in [0, 0.05) is 32.2 Å². The molecule has 0 radical (unpaired) electrons. The fourth-order valence-corrected chi connectivity index (χ4v) is 2.27. The summed E-state index contributed by atoms with van der Waals surface area (Å²) in [5.41, 5.74) is 1.02. The van der Waals surface area contributed by atoms with Crippen LogP contribution in [0, 0.1) is 11.3 Å². The molecule has 1 aromatic rings. The molecular formula is C13H19Cl2N3O. The summed E-state index contributed by atoms with van der Waals surface area (Å²) in [4.78, 5) is 2.30. The zero-order valence-corrected chi connectivity index (χ0v) is 12.2. The zero-order valence-electron chi connectivity index (χ0n) is 10.6. The number of rotatable bonds is 3. The van der Waals surface area contributed by atoms with E-state index >= 15 is 0 Å². The average Bonchev–Trinajstić information content (AvgIpc) is 2.37. The lowest BCUT2D eigenvalue weighted by atomic mass is 10.0. The van der Waals surface area contributed by atoms with Gasteiger partial charge in [-0.25, -0.2) is 0 Å². The number of nitrogens with one attached hydrogen (secondary N) is 1. The van der Waals surface area contributed by atoms with Crippen molar-refractivity contribution in [3.8, 4) is 11.8 Å². The Bertz CT molecular complexity index is 417. The molecular weight excluding hydrogens is 285 g/mol. The Morgan fingerprint density at radius 2 is 2.00 bits per heavy atom. The van der Waals surface area contributed by atoms with Gasteiger partial charge in [0.15, 0.2) is 0 Å². The molecule has 6 heteroatoms. The first-order chi connectivity index (χ1) is 8.31. The molecule has 1 saturated heterocycles. The molecule has 0 saturated carbocycles. The van der Waals surface area contributed by atoms with Crippen LogP contribution >= 0.6 is 24.8 Å². The first-order valence-electron chi connectivity index (χ1n) is 5.92. The smallest absolute Gasteiger partial charge is 0.115 e. The van der Waals surface area contributed by atoms with Crippen molar-refractivity contribution in [1.82, 2.24) is 10.2 Å². The second-order valence-corrected chi connectivity index (χ2v) is 4.26. The fourth-order valence-electron chi connectivity index (χ4n) is 2.27. The number of nitriles is 1. The molecule has 1 aliphatic rings. The summed E-state index contributed by atoms with van der Waals surface area (Å²) >= 11 is 0. The second-order valence-electron chi connectivity index (χ2n) is 4.26. The Hall–Kier alpha value is -0.990. The summed E-state index contributed by atoms with van der Waals surface area (Å²) < 4.78 is 0. The summed E-state index contributed by atoms with van der Waals surface area (Å²) in [7, 11) is 0. The molecule has 1 fully saturated rings. The SMILES string of the molecule is Cl.Cl.N#CC[C@H](c1cccc(O)c1)N1CCNCC1. The van der Waals surface area contributed by atoms with Crippen LogP contribution in [-0.4, -0.2) is 36.2 Å². The maximum atomic E-state index is 9.51. The number of nitrogens with zero attached hydrogens (tertiary/aromatic N) is 2. The van der Waals surface area contributed by atoms with E-state index in [2.05, 4.69) is 16.3 Å². The fraction of sp³-hybridized carbons (Fsp3) is 0.462. The van der Waals surface area contributed by atoms with Crippen LogP contribution in [0.2, 0.25) is 0 Å². The number of benzene rings is 1. The standard InChI is InChI=1S/C13H17N3O.2ClH/c14-5-4-13(16-8-6-15-7-9-16)11-2-1-3-12(17)10-11;;/h1-3,10,13,15,17H,4,6-9H2;2*1H/t13-;;/m1../s1. The molecule has 4 nitrogen and oxygen atoms in total. The van der Waals surface area contributed by atoms with Crippen molar-refractivity contribution in [2.24, 2.45) is 0 Å². The van der Waals surface area contributed by atoms with E-state index in [-0.39, 0.29) is 36.6 Å². The van der Waals surface area contributed by atoms with E-state index in [0.29, 0.717) is 6.42 Å². The summed E-state index contributed by atoms with van der Waals surface area (Å²) in [6.07, 6.45) is 0.462. The van der Waals surface area contributed by atoms with E-state index in [1.807, 2.05) is 12.1 Å². The van der Waals surface area contributed by atoms with Gasteiger partial charge in [-0.05, 0) is 17.7 Å². The van der Waals surface area contributed by atoms with Gasteiger partial charge in [-0.3, -0.25) is 4.90 Å². The average molecular weight is 304 g/mol. The molecule has 0 aromatic heterocycles. The minimum atomic E-state index is 0. The van der Waals surface area contributed by atoms with Gasteiger partial charge < -0.3 is 10.4 Å². The molecule has 2 rings (SSSR count). The highest BCUT2D eigenvalue weighted by Gasteiger charge is 2.21. The van der Waals surface area contributed by atoms with Crippen molar-refractivity contribution in [1.29, 1.82) is 5.26 Å². The molecule has 2 N–H and O–H groups in total. The number of hydrogen-bond donors (Lipinski definition) is 2. The van der Waals surface area contributed by atoms with Crippen LogP contribution in [0.4, 0.5) is 0 Å². The van der Waals surface area contributed by atoms with Crippen molar-refractivity contribution in [3.05, 3.63) is 29.8 Å². The maximum absolute atomic E-state index is 9.51. The highest BCUT2D eigenvalue weighted by Crippen LogP contribution is 2.26. The number of phenolic OH excluding ortho intramolecular Hbond substituents is 1. The Balaban J connectivity index is 0.00000162. The van der Waals surface area contributed by atoms with E-state index in [1.54, 1.807) is 12.1 Å². The Kier molecular flexibility index (Phi) is 8.53. The highest BCUT2D eigenvalue weighted by atomic mass is 35.5. The summed E-state index contributed by atoms with van der Waals surface area (Å²) in [5.74, 6) is 0.264. The van der Waals surface area contributed by atoms with Crippen molar-refractivity contribution < 1.29 is 5.11 Å². The molecule has 1 aromatic carbocycles. The summed E-state index contributed by atoms with van der Waals surface area (Å²) in [6.45, 7) is 3.81. The van der Waals surface area contributed by atoms with Crippen LogP contribution < -0.4 is 5.32 Å². The third kappa shape index (κ3) is 4.88. The van der Waals surface area contributed by atoms with E-state index in [1.165, 1.54) is 0 Å². The normalized spacial score (nSPS) is 16.6. The second kappa shape index (κ2) is 9.00. The van der Waals surface area contributed by atoms with E-state index in [4.69, 9.17) is 5.26 Å². The van der Waals surface area contributed by atoms with E-state index in [9.17, 15) is 5.11 Å². The lowest BCUT2D eigenvalue weighted by molar-refractivity contribution is 0.175. The van der Waals surface area contributed by atoms with Crippen molar-refractivity contribution in [2.45, 2.75) is 12.5 Å². The third-order valence-electron chi connectivity index (χ3n) is 3.13. The van der Waals surface area contributed by atoms with Gasteiger partial charge in [0.1, 0.15) is 5.75 Å². The predicted molar refractivity (Wildman–Crippen MR) is 80.0 cm³/mol. The number of hydrogen-bond acceptors (Lipinski definition) is 4. The summed E-state index contributed by atoms with van der Waals surface area (Å²) in [6, 6.07) is 9.55. The molecule has 0 aliphatic carbocycles. The lowest BCUT2D eigenvalue weighted by Gasteiger charge is -2.34. The number of phenols is 1. The Morgan fingerprint density at radius 3 is 2.58 bits per heavy atom. The van der Waals surface area contributed by atoms with Gasteiger partial charge in [-0.2, -0.15) is 5.26 Å². The van der Waals surface area contributed by atoms with Gasteiger partial charge in [-0.1, -0.05) is 12.1 Å². The molecule has 0 unspecified atom stereocenters.